The maximum absolute atomic E-state index is 11.2. The minimum atomic E-state index is -1.81. The Balaban J connectivity index is 4.87. The van der Waals surface area contributed by atoms with Crippen LogP contribution < -0.4 is 0 Å². The summed E-state index contributed by atoms with van der Waals surface area (Å²) < 4.78 is 11.8. The summed E-state index contributed by atoms with van der Waals surface area (Å²) in [6, 6.07) is 0. The van der Waals surface area contributed by atoms with Crippen LogP contribution >= 0.6 is 11.6 Å². The van der Waals surface area contributed by atoms with Gasteiger partial charge in [0.15, 0.2) is 8.32 Å². The lowest BCUT2D eigenvalue weighted by molar-refractivity contribution is 0.0457. The molecule has 0 aromatic heterocycles. The second-order valence-corrected chi connectivity index (χ2v) is 13.3. The van der Waals surface area contributed by atoms with Crippen molar-refractivity contribution >= 4 is 25.3 Å². The highest BCUT2D eigenvalue weighted by Gasteiger charge is 2.39. The molecule has 0 aliphatic rings. The number of halogens is 1. The van der Waals surface area contributed by atoms with E-state index in [9.17, 15) is 4.79 Å². The lowest BCUT2D eigenvalue weighted by Crippen LogP contribution is -2.45. The average molecular weight is 363 g/mol. The smallest absolute Gasteiger partial charge is 0.404 e. The van der Waals surface area contributed by atoms with Crippen molar-refractivity contribution in [3.63, 3.8) is 0 Å². The first-order valence-corrected chi connectivity index (χ1v) is 11.7. The molecule has 0 aromatic carbocycles. The van der Waals surface area contributed by atoms with Gasteiger partial charge in [0.25, 0.3) is 0 Å². The molecule has 136 valence electrons. The molecule has 0 aliphatic carbocycles. The standard InChI is InChI=1S/C18H35ClO3Si/c1-10-11-13(2)16(21-17(19)20)12-14(3)15(4)22-23(8,9)18(5,6)7/h10,13-16H,1,11-12H2,2-9H3/t13-,14-,15-,16+/m0/s1. The molecule has 0 radical (unpaired) electrons. The first-order valence-electron chi connectivity index (χ1n) is 8.46. The second kappa shape index (κ2) is 9.24. The van der Waals surface area contributed by atoms with Gasteiger partial charge in [0.1, 0.15) is 6.10 Å². The maximum atomic E-state index is 11.2. The molecule has 0 saturated heterocycles. The van der Waals surface area contributed by atoms with Gasteiger partial charge in [0.2, 0.25) is 0 Å². The zero-order valence-corrected chi connectivity index (χ0v) is 17.9. The fourth-order valence-electron chi connectivity index (χ4n) is 2.25. The summed E-state index contributed by atoms with van der Waals surface area (Å²) in [5.41, 5.74) is -0.740. The van der Waals surface area contributed by atoms with Crippen LogP contribution in [0, 0.1) is 11.8 Å². The van der Waals surface area contributed by atoms with Gasteiger partial charge in [-0.05, 0) is 49.7 Å². The molecule has 0 bridgehead atoms. The van der Waals surface area contributed by atoms with Crippen LogP contribution in [0.2, 0.25) is 18.1 Å². The Labute approximate surface area is 148 Å². The summed E-state index contributed by atoms with van der Waals surface area (Å²) >= 11 is 5.43. The number of hydrogen-bond donors (Lipinski definition) is 0. The van der Waals surface area contributed by atoms with E-state index in [0.29, 0.717) is 0 Å². The van der Waals surface area contributed by atoms with Crippen molar-refractivity contribution in [3.8, 4) is 0 Å². The number of hydrogen-bond acceptors (Lipinski definition) is 3. The van der Waals surface area contributed by atoms with Gasteiger partial charge in [-0.1, -0.05) is 40.7 Å². The van der Waals surface area contributed by atoms with Crippen molar-refractivity contribution in [3.05, 3.63) is 12.7 Å². The monoisotopic (exact) mass is 362 g/mol. The summed E-state index contributed by atoms with van der Waals surface area (Å²) in [7, 11) is -1.81. The molecule has 0 rings (SSSR count). The molecule has 0 heterocycles. The topological polar surface area (TPSA) is 35.5 Å². The molecule has 4 atom stereocenters. The van der Waals surface area contributed by atoms with Crippen LogP contribution in [0.5, 0.6) is 0 Å². The zero-order chi connectivity index (χ0) is 18.4. The van der Waals surface area contributed by atoms with Gasteiger partial charge in [-0.2, -0.15) is 0 Å². The molecule has 0 fully saturated rings. The van der Waals surface area contributed by atoms with Gasteiger partial charge in [0, 0.05) is 17.7 Å². The third-order valence-corrected chi connectivity index (χ3v) is 9.77. The number of ether oxygens (including phenoxy) is 1. The van der Waals surface area contributed by atoms with Crippen molar-refractivity contribution in [1.82, 2.24) is 0 Å². The number of carbonyl (C=O) groups is 1. The number of carbonyl (C=O) groups excluding carboxylic acids is 1. The highest BCUT2D eigenvalue weighted by atomic mass is 35.5. The van der Waals surface area contributed by atoms with E-state index in [4.69, 9.17) is 20.8 Å². The Kier molecular flexibility index (Phi) is 9.11. The van der Waals surface area contributed by atoms with E-state index in [1.54, 1.807) is 0 Å². The van der Waals surface area contributed by atoms with E-state index >= 15 is 0 Å². The van der Waals surface area contributed by atoms with Gasteiger partial charge in [-0.3, -0.25) is 0 Å². The fourth-order valence-corrected chi connectivity index (χ4v) is 3.88. The van der Waals surface area contributed by atoms with Crippen LogP contribution in [0.3, 0.4) is 0 Å². The summed E-state index contributed by atoms with van der Waals surface area (Å²) in [5, 5.41) is 0.180. The van der Waals surface area contributed by atoms with E-state index in [-0.39, 0.29) is 29.1 Å². The molecule has 0 unspecified atom stereocenters. The molecule has 0 saturated carbocycles. The molecular formula is C18H35ClO3Si. The highest BCUT2D eigenvalue weighted by molar-refractivity contribution is 6.74. The Hall–Kier alpha value is -0.323. The molecule has 0 aliphatic heterocycles. The SMILES string of the molecule is C=CC[C@H](C)[C@@H](C[C@H](C)[C@H](C)O[Si](C)(C)C(C)(C)C)OC(=O)Cl. The van der Waals surface area contributed by atoms with Gasteiger partial charge >= 0.3 is 5.43 Å². The summed E-state index contributed by atoms with van der Waals surface area (Å²) in [6.07, 6.45) is 3.28. The molecule has 3 nitrogen and oxygen atoms in total. The van der Waals surface area contributed by atoms with E-state index in [1.165, 1.54) is 0 Å². The van der Waals surface area contributed by atoms with Crippen LogP contribution in [0.15, 0.2) is 12.7 Å². The van der Waals surface area contributed by atoms with Crippen LogP contribution in [0.4, 0.5) is 4.79 Å². The number of rotatable bonds is 9. The van der Waals surface area contributed by atoms with Crippen LogP contribution in [0.25, 0.3) is 0 Å². The number of allylic oxidation sites excluding steroid dienone is 1. The van der Waals surface area contributed by atoms with Crippen molar-refractivity contribution in [1.29, 1.82) is 0 Å². The largest absolute Gasteiger partial charge is 0.450 e. The summed E-state index contributed by atoms with van der Waals surface area (Å²) in [6.45, 7) is 21.3. The molecule has 23 heavy (non-hydrogen) atoms. The minimum Gasteiger partial charge on any atom is -0.450 e. The summed E-state index contributed by atoms with van der Waals surface area (Å²) in [5.74, 6) is 0.468. The van der Waals surface area contributed by atoms with Gasteiger partial charge < -0.3 is 9.16 Å². The van der Waals surface area contributed by atoms with Gasteiger partial charge in [-0.15, -0.1) is 6.58 Å². The maximum Gasteiger partial charge on any atom is 0.404 e. The first kappa shape index (κ1) is 22.7. The Morgan fingerprint density at radius 2 is 1.74 bits per heavy atom. The molecular weight excluding hydrogens is 328 g/mol. The fraction of sp³-hybridized carbons (Fsp3) is 0.833. The van der Waals surface area contributed by atoms with E-state index in [2.05, 4.69) is 61.2 Å². The Bertz CT molecular complexity index is 390. The van der Waals surface area contributed by atoms with E-state index in [0.717, 1.165) is 12.8 Å². The Morgan fingerprint density at radius 1 is 1.22 bits per heavy atom. The predicted octanol–water partition coefficient (Wildman–Crippen LogP) is 6.38. The molecule has 0 aromatic rings. The third kappa shape index (κ3) is 7.86. The zero-order valence-electron chi connectivity index (χ0n) is 16.1. The van der Waals surface area contributed by atoms with E-state index in [1.807, 2.05) is 6.08 Å². The van der Waals surface area contributed by atoms with E-state index < -0.39 is 13.7 Å². The lowest BCUT2D eigenvalue weighted by Gasteiger charge is -2.40. The van der Waals surface area contributed by atoms with Crippen LogP contribution in [-0.4, -0.2) is 26.0 Å². The molecule has 0 N–H and O–H groups in total. The van der Waals surface area contributed by atoms with Gasteiger partial charge in [0.05, 0.1) is 0 Å². The van der Waals surface area contributed by atoms with Crippen LogP contribution in [0.1, 0.15) is 54.4 Å². The summed E-state index contributed by atoms with van der Waals surface area (Å²) in [4.78, 5) is 11.2. The van der Waals surface area contributed by atoms with Crippen molar-refractivity contribution in [2.24, 2.45) is 11.8 Å². The van der Waals surface area contributed by atoms with Crippen molar-refractivity contribution < 1.29 is 14.0 Å². The Morgan fingerprint density at radius 3 is 2.13 bits per heavy atom. The minimum absolute atomic E-state index is 0.114. The highest BCUT2D eigenvalue weighted by Crippen LogP contribution is 2.38. The average Bonchev–Trinajstić information content (AvgIpc) is 2.35. The second-order valence-electron chi connectivity index (χ2n) is 8.19. The molecule has 5 heteroatoms. The van der Waals surface area contributed by atoms with Gasteiger partial charge in [-0.25, -0.2) is 4.79 Å². The third-order valence-electron chi connectivity index (χ3n) is 5.11. The van der Waals surface area contributed by atoms with Crippen molar-refractivity contribution in [2.75, 3.05) is 0 Å². The first-order chi connectivity index (χ1) is 10.3. The van der Waals surface area contributed by atoms with Crippen molar-refractivity contribution in [2.45, 2.75) is 84.7 Å². The quantitative estimate of drug-likeness (QED) is 0.271. The lowest BCUT2D eigenvalue weighted by atomic mass is 9.90. The predicted molar refractivity (Wildman–Crippen MR) is 102 cm³/mol. The molecule has 0 amide bonds. The van der Waals surface area contributed by atoms with Crippen LogP contribution in [-0.2, 0) is 9.16 Å². The normalized spacial score (nSPS) is 18.0. The molecule has 0 spiro atoms.